The number of likely N-dealkylation sites (N-methyl/N-ethyl adjacent to an activating group) is 1. The quantitative estimate of drug-likeness (QED) is 0.462. The van der Waals surface area contributed by atoms with Crippen molar-refractivity contribution in [2.45, 2.75) is 59.4 Å². The van der Waals surface area contributed by atoms with Crippen LogP contribution in [0, 0.1) is 5.92 Å². The normalized spacial score (nSPS) is 12.5. The van der Waals surface area contributed by atoms with Crippen LogP contribution >= 0.6 is 0 Å². The fourth-order valence-electron chi connectivity index (χ4n) is 3.93. The van der Waals surface area contributed by atoms with E-state index in [9.17, 15) is 4.79 Å². The molecule has 1 aromatic heterocycles. The number of imidazole rings is 1. The first-order valence-corrected chi connectivity index (χ1v) is 11.2. The third kappa shape index (κ3) is 5.10. The van der Waals surface area contributed by atoms with Crippen molar-refractivity contribution in [1.29, 1.82) is 0 Å². The van der Waals surface area contributed by atoms with Crippen LogP contribution in [-0.2, 0) is 17.8 Å². The minimum atomic E-state index is 0.110. The number of para-hydroxylation sites is 2. The van der Waals surface area contributed by atoms with E-state index in [0.29, 0.717) is 12.5 Å². The number of benzene rings is 2. The maximum atomic E-state index is 12.9. The first-order valence-electron chi connectivity index (χ1n) is 11.2. The molecule has 1 heterocycles. The van der Waals surface area contributed by atoms with E-state index in [0.717, 1.165) is 42.7 Å². The number of carbonyl (C=O) groups is 1. The lowest BCUT2D eigenvalue weighted by molar-refractivity contribution is -0.130. The first-order chi connectivity index (χ1) is 14.4. The Morgan fingerprint density at radius 3 is 2.43 bits per heavy atom. The van der Waals surface area contributed by atoms with E-state index in [-0.39, 0.29) is 11.8 Å². The Morgan fingerprint density at radius 1 is 1.07 bits per heavy atom. The zero-order valence-corrected chi connectivity index (χ0v) is 19.1. The standard InChI is InChI=1S/C26H35N3O/c1-6-7-16-28(5)25(30)18-29-24-11-9-8-10-23(24)27-26(29)20(4)22-14-12-21(13-15-22)17-19(2)3/h8-15,19-20H,6-7,16-18H2,1-5H3/t20-/m0/s1. The summed E-state index contributed by atoms with van der Waals surface area (Å²) < 4.78 is 2.10. The molecule has 0 aliphatic carbocycles. The molecule has 4 heteroatoms. The van der Waals surface area contributed by atoms with E-state index < -0.39 is 0 Å². The summed E-state index contributed by atoms with van der Waals surface area (Å²) in [5.41, 5.74) is 4.56. The van der Waals surface area contributed by atoms with Crippen LogP contribution in [0.4, 0.5) is 0 Å². The monoisotopic (exact) mass is 405 g/mol. The Balaban J connectivity index is 1.91. The van der Waals surface area contributed by atoms with Crippen LogP contribution in [-0.4, -0.2) is 34.0 Å². The van der Waals surface area contributed by atoms with Crippen molar-refractivity contribution >= 4 is 16.9 Å². The lowest BCUT2D eigenvalue weighted by Gasteiger charge is -2.20. The zero-order chi connectivity index (χ0) is 21.7. The number of hydrogen-bond acceptors (Lipinski definition) is 2. The van der Waals surface area contributed by atoms with Gasteiger partial charge >= 0.3 is 0 Å². The summed E-state index contributed by atoms with van der Waals surface area (Å²) >= 11 is 0. The molecule has 30 heavy (non-hydrogen) atoms. The highest BCUT2D eigenvalue weighted by molar-refractivity contribution is 5.81. The van der Waals surface area contributed by atoms with Gasteiger partial charge in [0.15, 0.2) is 0 Å². The van der Waals surface area contributed by atoms with E-state index in [2.05, 4.69) is 62.6 Å². The number of rotatable bonds is 9. The minimum absolute atomic E-state index is 0.110. The van der Waals surface area contributed by atoms with Crippen LogP contribution < -0.4 is 0 Å². The molecule has 0 fully saturated rings. The molecule has 0 saturated carbocycles. The predicted molar refractivity (Wildman–Crippen MR) is 125 cm³/mol. The number of aromatic nitrogens is 2. The lowest BCUT2D eigenvalue weighted by Crippen LogP contribution is -2.31. The molecule has 4 nitrogen and oxygen atoms in total. The highest BCUT2D eigenvalue weighted by Crippen LogP contribution is 2.28. The van der Waals surface area contributed by atoms with Gasteiger partial charge in [-0.05, 0) is 42.0 Å². The lowest BCUT2D eigenvalue weighted by atomic mass is 9.96. The molecule has 1 amide bonds. The van der Waals surface area contributed by atoms with Crippen molar-refractivity contribution in [3.05, 3.63) is 65.5 Å². The second kappa shape index (κ2) is 9.92. The Morgan fingerprint density at radius 2 is 1.77 bits per heavy atom. The second-order valence-electron chi connectivity index (χ2n) is 8.77. The number of hydrogen-bond donors (Lipinski definition) is 0. The molecule has 0 aliphatic rings. The largest absolute Gasteiger partial charge is 0.344 e. The molecule has 0 bridgehead atoms. The van der Waals surface area contributed by atoms with E-state index in [1.807, 2.05) is 30.1 Å². The van der Waals surface area contributed by atoms with Gasteiger partial charge < -0.3 is 9.47 Å². The topological polar surface area (TPSA) is 38.1 Å². The summed E-state index contributed by atoms with van der Waals surface area (Å²) in [5, 5.41) is 0. The van der Waals surface area contributed by atoms with E-state index >= 15 is 0 Å². The molecule has 2 aromatic carbocycles. The minimum Gasteiger partial charge on any atom is -0.344 e. The van der Waals surface area contributed by atoms with Gasteiger partial charge in [-0.3, -0.25) is 4.79 Å². The van der Waals surface area contributed by atoms with Crippen LogP contribution in [0.15, 0.2) is 48.5 Å². The molecule has 0 aliphatic heterocycles. The Labute approximate surface area is 180 Å². The van der Waals surface area contributed by atoms with Gasteiger partial charge in [0.25, 0.3) is 0 Å². The number of nitrogens with zero attached hydrogens (tertiary/aromatic N) is 3. The molecular formula is C26H35N3O. The van der Waals surface area contributed by atoms with Gasteiger partial charge in [0.05, 0.1) is 11.0 Å². The van der Waals surface area contributed by atoms with Crippen molar-refractivity contribution in [3.8, 4) is 0 Å². The van der Waals surface area contributed by atoms with Gasteiger partial charge in [0.1, 0.15) is 12.4 Å². The van der Waals surface area contributed by atoms with E-state index in [1.54, 1.807) is 0 Å². The summed E-state index contributed by atoms with van der Waals surface area (Å²) in [6, 6.07) is 17.0. The molecular weight excluding hydrogens is 370 g/mol. The summed E-state index contributed by atoms with van der Waals surface area (Å²) in [7, 11) is 1.90. The summed E-state index contributed by atoms with van der Waals surface area (Å²) in [5.74, 6) is 1.84. The highest BCUT2D eigenvalue weighted by atomic mass is 16.2. The van der Waals surface area contributed by atoms with Crippen LogP contribution in [0.2, 0.25) is 0 Å². The van der Waals surface area contributed by atoms with Gasteiger partial charge in [0.2, 0.25) is 5.91 Å². The number of unbranched alkanes of at least 4 members (excludes halogenated alkanes) is 1. The average molecular weight is 406 g/mol. The Bertz CT molecular complexity index is 972. The van der Waals surface area contributed by atoms with Crippen LogP contribution in [0.1, 0.15) is 63.4 Å². The van der Waals surface area contributed by atoms with Crippen LogP contribution in [0.5, 0.6) is 0 Å². The maximum Gasteiger partial charge on any atom is 0.242 e. The number of carbonyl (C=O) groups excluding carboxylic acids is 1. The SMILES string of the molecule is CCCCN(C)C(=O)Cn1c([C@@H](C)c2ccc(CC(C)C)cc2)nc2ccccc21. The van der Waals surface area contributed by atoms with Gasteiger partial charge in [-0.2, -0.15) is 0 Å². The molecule has 3 aromatic rings. The fourth-order valence-corrected chi connectivity index (χ4v) is 3.93. The van der Waals surface area contributed by atoms with Crippen molar-refractivity contribution in [1.82, 2.24) is 14.5 Å². The summed E-state index contributed by atoms with van der Waals surface area (Å²) in [4.78, 5) is 19.7. The summed E-state index contributed by atoms with van der Waals surface area (Å²) in [6.45, 7) is 9.94. The van der Waals surface area contributed by atoms with Crippen molar-refractivity contribution in [2.75, 3.05) is 13.6 Å². The van der Waals surface area contributed by atoms with Crippen molar-refractivity contribution < 1.29 is 4.79 Å². The Kier molecular flexibility index (Phi) is 7.30. The van der Waals surface area contributed by atoms with E-state index in [4.69, 9.17) is 4.98 Å². The Hall–Kier alpha value is -2.62. The van der Waals surface area contributed by atoms with Crippen LogP contribution in [0.25, 0.3) is 11.0 Å². The molecule has 160 valence electrons. The third-order valence-corrected chi connectivity index (χ3v) is 5.76. The molecule has 0 N–H and O–H groups in total. The first kappa shape index (κ1) is 22.1. The van der Waals surface area contributed by atoms with Crippen molar-refractivity contribution in [3.63, 3.8) is 0 Å². The molecule has 0 radical (unpaired) electrons. The number of amides is 1. The van der Waals surface area contributed by atoms with Gasteiger partial charge in [-0.15, -0.1) is 0 Å². The molecule has 0 saturated heterocycles. The van der Waals surface area contributed by atoms with Gasteiger partial charge in [0, 0.05) is 19.5 Å². The fraction of sp³-hybridized carbons (Fsp3) is 0.462. The van der Waals surface area contributed by atoms with Gasteiger partial charge in [-0.1, -0.05) is 70.5 Å². The smallest absolute Gasteiger partial charge is 0.242 e. The second-order valence-corrected chi connectivity index (χ2v) is 8.77. The molecule has 3 rings (SSSR count). The summed E-state index contributed by atoms with van der Waals surface area (Å²) in [6.07, 6.45) is 3.20. The highest BCUT2D eigenvalue weighted by Gasteiger charge is 2.21. The van der Waals surface area contributed by atoms with E-state index in [1.165, 1.54) is 11.1 Å². The number of fused-ring (bicyclic) bond motifs is 1. The zero-order valence-electron chi connectivity index (χ0n) is 19.1. The molecule has 0 unspecified atom stereocenters. The average Bonchev–Trinajstić information content (AvgIpc) is 3.10. The van der Waals surface area contributed by atoms with Crippen LogP contribution in [0.3, 0.4) is 0 Å². The van der Waals surface area contributed by atoms with Crippen molar-refractivity contribution in [2.24, 2.45) is 5.92 Å². The molecule has 1 atom stereocenters. The van der Waals surface area contributed by atoms with Gasteiger partial charge in [-0.25, -0.2) is 4.98 Å². The third-order valence-electron chi connectivity index (χ3n) is 5.76. The molecule has 0 spiro atoms. The maximum absolute atomic E-state index is 12.9. The predicted octanol–water partition coefficient (Wildman–Crippen LogP) is 5.65.